The predicted molar refractivity (Wildman–Crippen MR) is 115 cm³/mol. The highest BCUT2D eigenvalue weighted by Gasteiger charge is 2.13. The number of carbonyl (C=O) groups is 1. The summed E-state index contributed by atoms with van der Waals surface area (Å²) in [5.41, 5.74) is 3.37. The van der Waals surface area contributed by atoms with E-state index < -0.39 is 0 Å². The van der Waals surface area contributed by atoms with Crippen LogP contribution < -0.4 is 10.9 Å². The molecule has 1 N–H and O–H groups in total. The van der Waals surface area contributed by atoms with E-state index in [0.29, 0.717) is 23.1 Å². The van der Waals surface area contributed by atoms with Gasteiger partial charge in [-0.1, -0.05) is 60.7 Å². The third kappa shape index (κ3) is 4.09. The van der Waals surface area contributed by atoms with Gasteiger partial charge in [-0.25, -0.2) is 4.98 Å². The van der Waals surface area contributed by atoms with E-state index in [1.54, 1.807) is 25.1 Å². The number of amides is 1. The van der Waals surface area contributed by atoms with E-state index in [-0.39, 0.29) is 18.0 Å². The SMILES string of the molecule is Cc1nc2ccccc2c(=O)n1CC(=O)Nc1ccccc1Cc1ccccc1. The second kappa shape index (κ2) is 8.10. The van der Waals surface area contributed by atoms with Gasteiger partial charge in [-0.05, 0) is 42.7 Å². The zero-order chi connectivity index (χ0) is 20.2. The second-order valence-corrected chi connectivity index (χ2v) is 6.94. The number of para-hydroxylation sites is 2. The third-order valence-corrected chi connectivity index (χ3v) is 4.88. The molecular weight excluding hydrogens is 362 g/mol. The molecule has 0 fully saturated rings. The van der Waals surface area contributed by atoms with Gasteiger partial charge >= 0.3 is 0 Å². The first-order valence-corrected chi connectivity index (χ1v) is 9.49. The standard InChI is InChI=1S/C24H21N3O2/c1-17-25-22-14-8-6-12-20(22)24(29)27(17)16-23(28)26-21-13-7-5-11-19(21)15-18-9-3-2-4-10-18/h2-14H,15-16H2,1H3,(H,26,28). The maximum Gasteiger partial charge on any atom is 0.261 e. The molecule has 29 heavy (non-hydrogen) atoms. The zero-order valence-electron chi connectivity index (χ0n) is 16.1. The Hall–Kier alpha value is -3.73. The van der Waals surface area contributed by atoms with E-state index in [4.69, 9.17) is 0 Å². The lowest BCUT2D eigenvalue weighted by molar-refractivity contribution is -0.116. The average molecular weight is 383 g/mol. The Labute approximate surface area is 168 Å². The fourth-order valence-corrected chi connectivity index (χ4v) is 3.41. The molecule has 5 heteroatoms. The maximum absolute atomic E-state index is 12.8. The Bertz CT molecular complexity index is 1230. The van der Waals surface area contributed by atoms with Crippen LogP contribution in [0.1, 0.15) is 17.0 Å². The Balaban J connectivity index is 1.57. The molecule has 0 aliphatic carbocycles. The lowest BCUT2D eigenvalue weighted by atomic mass is 10.0. The summed E-state index contributed by atoms with van der Waals surface area (Å²) in [6.07, 6.45) is 0.716. The molecule has 0 aliphatic heterocycles. The number of rotatable bonds is 5. The van der Waals surface area contributed by atoms with Crippen LogP contribution in [0.25, 0.3) is 10.9 Å². The Morgan fingerprint density at radius 1 is 0.931 bits per heavy atom. The number of anilines is 1. The lowest BCUT2D eigenvalue weighted by Crippen LogP contribution is -2.30. The molecule has 3 aromatic carbocycles. The monoisotopic (exact) mass is 383 g/mol. The van der Waals surface area contributed by atoms with E-state index in [2.05, 4.69) is 22.4 Å². The van der Waals surface area contributed by atoms with Crippen LogP contribution in [0.4, 0.5) is 5.69 Å². The quantitative estimate of drug-likeness (QED) is 0.568. The molecule has 0 saturated carbocycles. The first-order chi connectivity index (χ1) is 14.1. The summed E-state index contributed by atoms with van der Waals surface area (Å²) in [7, 11) is 0. The number of hydrogen-bond donors (Lipinski definition) is 1. The van der Waals surface area contributed by atoms with Gasteiger partial charge in [0.25, 0.3) is 5.56 Å². The van der Waals surface area contributed by atoms with Crippen molar-refractivity contribution in [2.45, 2.75) is 19.9 Å². The van der Waals surface area contributed by atoms with Crippen molar-refractivity contribution in [1.82, 2.24) is 9.55 Å². The third-order valence-electron chi connectivity index (χ3n) is 4.88. The number of hydrogen-bond acceptors (Lipinski definition) is 3. The number of nitrogens with zero attached hydrogens (tertiary/aromatic N) is 2. The molecule has 1 heterocycles. The first kappa shape index (κ1) is 18.6. The molecule has 144 valence electrons. The molecule has 0 radical (unpaired) electrons. The average Bonchev–Trinajstić information content (AvgIpc) is 2.73. The summed E-state index contributed by atoms with van der Waals surface area (Å²) < 4.78 is 1.41. The van der Waals surface area contributed by atoms with Gasteiger partial charge < -0.3 is 5.32 Å². The zero-order valence-corrected chi connectivity index (χ0v) is 16.1. The highest BCUT2D eigenvalue weighted by Crippen LogP contribution is 2.19. The van der Waals surface area contributed by atoms with Crippen LogP contribution in [-0.4, -0.2) is 15.5 Å². The minimum atomic E-state index is -0.257. The first-order valence-electron chi connectivity index (χ1n) is 9.49. The summed E-state index contributed by atoms with van der Waals surface area (Å²) in [5, 5.41) is 3.46. The van der Waals surface area contributed by atoms with Gasteiger partial charge in [0.15, 0.2) is 0 Å². The van der Waals surface area contributed by atoms with Gasteiger partial charge in [0.05, 0.1) is 10.9 Å². The van der Waals surface area contributed by atoms with Gasteiger partial charge in [-0.3, -0.25) is 14.2 Å². The number of fused-ring (bicyclic) bond motifs is 1. The number of aromatic nitrogens is 2. The summed E-state index contributed by atoms with van der Waals surface area (Å²) >= 11 is 0. The molecule has 0 saturated heterocycles. The van der Waals surface area contributed by atoms with Crippen LogP contribution in [0.15, 0.2) is 83.7 Å². The predicted octanol–water partition coefficient (Wildman–Crippen LogP) is 3.93. The molecule has 0 bridgehead atoms. The van der Waals surface area contributed by atoms with Crippen molar-refractivity contribution in [3.8, 4) is 0 Å². The van der Waals surface area contributed by atoms with Gasteiger partial charge in [0, 0.05) is 5.69 Å². The molecule has 0 atom stereocenters. The molecule has 1 amide bonds. The Morgan fingerprint density at radius 3 is 2.45 bits per heavy atom. The van der Waals surface area contributed by atoms with Crippen LogP contribution >= 0.6 is 0 Å². The van der Waals surface area contributed by atoms with Gasteiger partial charge in [0.1, 0.15) is 12.4 Å². The molecule has 0 unspecified atom stereocenters. The fraction of sp³-hybridized carbons (Fsp3) is 0.125. The number of aryl methyl sites for hydroxylation is 1. The van der Waals surface area contributed by atoms with Crippen molar-refractivity contribution >= 4 is 22.5 Å². The molecular formula is C24H21N3O2. The van der Waals surface area contributed by atoms with Gasteiger partial charge in [-0.15, -0.1) is 0 Å². The van der Waals surface area contributed by atoms with Crippen LogP contribution in [0, 0.1) is 6.92 Å². The number of nitrogens with one attached hydrogen (secondary N) is 1. The van der Waals surface area contributed by atoms with Crippen LogP contribution in [-0.2, 0) is 17.8 Å². The maximum atomic E-state index is 12.8. The fourth-order valence-electron chi connectivity index (χ4n) is 3.41. The summed E-state index contributed by atoms with van der Waals surface area (Å²) in [6, 6.07) is 25.0. The van der Waals surface area contributed by atoms with Crippen molar-refractivity contribution in [1.29, 1.82) is 0 Å². The Kier molecular flexibility index (Phi) is 5.20. The van der Waals surface area contributed by atoms with E-state index in [9.17, 15) is 9.59 Å². The van der Waals surface area contributed by atoms with Crippen LogP contribution in [0.3, 0.4) is 0 Å². The minimum Gasteiger partial charge on any atom is -0.324 e. The number of carbonyl (C=O) groups excluding carboxylic acids is 1. The lowest BCUT2D eigenvalue weighted by Gasteiger charge is -2.13. The van der Waals surface area contributed by atoms with Crippen molar-refractivity contribution < 1.29 is 4.79 Å². The van der Waals surface area contributed by atoms with Crippen molar-refractivity contribution in [3.05, 3.63) is 106 Å². The van der Waals surface area contributed by atoms with Crippen molar-refractivity contribution in [2.24, 2.45) is 0 Å². The molecule has 0 aliphatic rings. The smallest absolute Gasteiger partial charge is 0.261 e. The molecule has 4 rings (SSSR count). The number of benzene rings is 3. The molecule has 1 aromatic heterocycles. The summed E-state index contributed by atoms with van der Waals surface area (Å²) in [4.78, 5) is 30.0. The Morgan fingerprint density at radius 2 is 1.62 bits per heavy atom. The highest BCUT2D eigenvalue weighted by molar-refractivity contribution is 5.91. The van der Waals surface area contributed by atoms with E-state index in [1.165, 1.54) is 10.1 Å². The van der Waals surface area contributed by atoms with Gasteiger partial charge in [-0.2, -0.15) is 0 Å². The highest BCUT2D eigenvalue weighted by atomic mass is 16.2. The van der Waals surface area contributed by atoms with Crippen molar-refractivity contribution in [3.63, 3.8) is 0 Å². The van der Waals surface area contributed by atoms with E-state index in [1.807, 2.05) is 48.5 Å². The topological polar surface area (TPSA) is 64.0 Å². The largest absolute Gasteiger partial charge is 0.324 e. The van der Waals surface area contributed by atoms with Crippen LogP contribution in [0.5, 0.6) is 0 Å². The summed E-state index contributed by atoms with van der Waals surface area (Å²) in [5.74, 6) is 0.259. The molecule has 0 spiro atoms. The second-order valence-electron chi connectivity index (χ2n) is 6.94. The van der Waals surface area contributed by atoms with E-state index >= 15 is 0 Å². The van der Waals surface area contributed by atoms with Gasteiger partial charge in [0.2, 0.25) is 5.91 Å². The molecule has 4 aromatic rings. The summed E-state index contributed by atoms with van der Waals surface area (Å²) in [6.45, 7) is 1.66. The molecule has 5 nitrogen and oxygen atoms in total. The van der Waals surface area contributed by atoms with Crippen molar-refractivity contribution in [2.75, 3.05) is 5.32 Å². The normalized spacial score (nSPS) is 10.8. The minimum absolute atomic E-state index is 0.0812. The van der Waals surface area contributed by atoms with E-state index in [0.717, 1.165) is 11.3 Å². The van der Waals surface area contributed by atoms with Crippen LogP contribution in [0.2, 0.25) is 0 Å².